The third-order valence-corrected chi connectivity index (χ3v) is 7.52. The Morgan fingerprint density at radius 1 is 1.06 bits per heavy atom. The van der Waals surface area contributed by atoms with E-state index in [9.17, 15) is 38.4 Å². The van der Waals surface area contributed by atoms with Gasteiger partial charge in [-0.3, -0.25) is 18.9 Å². The van der Waals surface area contributed by atoms with Crippen LogP contribution in [-0.2, 0) is 38.2 Å². The molecule has 2 heterocycles. The minimum atomic E-state index is -5.75. The molecule has 6 atom stereocenters. The Hall–Kier alpha value is -1.07. The zero-order valence-electron chi connectivity index (χ0n) is 15.0. The molecule has 0 aromatic carbocycles. The van der Waals surface area contributed by atoms with Gasteiger partial charge in [0.1, 0.15) is 24.4 Å². The molecule has 0 aliphatic carbocycles. The second-order valence-corrected chi connectivity index (χ2v) is 10.4. The first-order valence-corrected chi connectivity index (χ1v) is 12.4. The zero-order valence-corrected chi connectivity index (χ0v) is 17.7. The van der Waals surface area contributed by atoms with Crippen LogP contribution in [0.25, 0.3) is 0 Å². The Labute approximate surface area is 171 Å². The monoisotopic (exact) mass is 513 g/mol. The lowest BCUT2D eigenvalue weighted by Gasteiger charge is -2.19. The lowest BCUT2D eigenvalue weighted by Crippen LogP contribution is -2.37. The smallest absolute Gasteiger partial charge is 0.387 e. The third-order valence-electron chi connectivity index (χ3n) is 3.72. The predicted octanol–water partition coefficient (Wildman–Crippen LogP) is -3.04. The number of aromatic amines is 1. The van der Waals surface area contributed by atoms with Crippen LogP contribution in [0.15, 0.2) is 15.8 Å². The van der Waals surface area contributed by atoms with Crippen LogP contribution in [0.3, 0.4) is 0 Å². The van der Waals surface area contributed by atoms with E-state index in [1.807, 2.05) is 4.98 Å². The van der Waals surface area contributed by atoms with Crippen LogP contribution in [0.4, 0.5) is 0 Å². The standard InChI is InChI=1S/C10H18N3O15P3/c11-3-13-1-4(9(16)12-10(13)17)8-7(15)6(14)5(26-8)2-25-30(21,22)28-31(23,24)27-29(18,19)20/h1,5-8,14-15H,2-3,11H2,(H,21,22)(H,23,24)(H,12,16,17)(H2,18,19,20)/t5-,6?,7?,8+/m1/s1. The van der Waals surface area contributed by atoms with E-state index in [1.165, 1.54) is 0 Å². The van der Waals surface area contributed by atoms with E-state index in [2.05, 4.69) is 13.1 Å². The molecule has 0 amide bonds. The number of aliphatic hydroxyl groups excluding tert-OH is 2. The van der Waals surface area contributed by atoms with Gasteiger partial charge in [0.05, 0.1) is 18.8 Å². The van der Waals surface area contributed by atoms with Gasteiger partial charge < -0.3 is 40.3 Å². The van der Waals surface area contributed by atoms with Crippen molar-refractivity contribution >= 4 is 23.5 Å². The summed E-state index contributed by atoms with van der Waals surface area (Å²) in [4.78, 5) is 60.9. The van der Waals surface area contributed by atoms with Crippen LogP contribution in [0.2, 0.25) is 0 Å². The second kappa shape index (κ2) is 9.43. The van der Waals surface area contributed by atoms with Crippen LogP contribution in [-0.4, -0.2) is 64.3 Å². The predicted molar refractivity (Wildman–Crippen MR) is 95.0 cm³/mol. The number of aromatic nitrogens is 2. The van der Waals surface area contributed by atoms with Crippen molar-refractivity contribution in [3.8, 4) is 0 Å². The SMILES string of the molecule is NCn1cc([C@@H]2O[C@H](COP(=O)(O)OP(=O)(O)OP(=O)(O)O)C(O)C2O)c(=O)[nH]c1=O. The number of ether oxygens (including phenoxy) is 1. The average Bonchev–Trinajstić information content (AvgIpc) is 2.85. The Morgan fingerprint density at radius 2 is 1.68 bits per heavy atom. The summed E-state index contributed by atoms with van der Waals surface area (Å²) in [6.07, 6.45) is -5.75. The maximum absolute atomic E-state index is 12.0. The first-order chi connectivity index (χ1) is 14.1. The molecule has 1 saturated heterocycles. The molecule has 0 spiro atoms. The number of hydrogen-bond acceptors (Lipinski definition) is 12. The fraction of sp³-hybridized carbons (Fsp3) is 0.600. The highest BCUT2D eigenvalue weighted by atomic mass is 31.3. The molecule has 0 radical (unpaired) electrons. The van der Waals surface area contributed by atoms with E-state index < -0.39 is 65.7 Å². The molecular formula is C10H18N3O15P3. The Morgan fingerprint density at radius 3 is 2.23 bits per heavy atom. The maximum atomic E-state index is 12.0. The number of hydrogen-bond donors (Lipinski definition) is 8. The van der Waals surface area contributed by atoms with Gasteiger partial charge in [0, 0.05) is 6.20 Å². The van der Waals surface area contributed by atoms with Crippen LogP contribution in [0.1, 0.15) is 11.7 Å². The van der Waals surface area contributed by atoms with Gasteiger partial charge in [0.15, 0.2) is 0 Å². The normalized spacial score (nSPS) is 28.2. The van der Waals surface area contributed by atoms with Crippen molar-refractivity contribution in [3.05, 3.63) is 32.6 Å². The fourth-order valence-corrected chi connectivity index (χ4v) is 5.51. The molecule has 4 unspecified atom stereocenters. The lowest BCUT2D eigenvalue weighted by molar-refractivity contribution is -0.0228. The highest BCUT2D eigenvalue weighted by Gasteiger charge is 2.47. The minimum Gasteiger partial charge on any atom is -0.387 e. The van der Waals surface area contributed by atoms with Crippen LogP contribution in [0, 0.1) is 0 Å². The van der Waals surface area contributed by atoms with E-state index >= 15 is 0 Å². The minimum absolute atomic E-state index is 0.322. The van der Waals surface area contributed by atoms with Crippen molar-refractivity contribution in [2.75, 3.05) is 6.61 Å². The Bertz CT molecular complexity index is 1060. The summed E-state index contributed by atoms with van der Waals surface area (Å²) in [5.74, 6) is 0. The van der Waals surface area contributed by atoms with Gasteiger partial charge in [-0.15, -0.1) is 0 Å². The van der Waals surface area contributed by atoms with E-state index in [0.29, 0.717) is 0 Å². The van der Waals surface area contributed by atoms with Gasteiger partial charge >= 0.3 is 29.2 Å². The van der Waals surface area contributed by atoms with E-state index in [-0.39, 0.29) is 12.2 Å². The van der Waals surface area contributed by atoms with Crippen molar-refractivity contribution < 1.29 is 61.4 Å². The first-order valence-electron chi connectivity index (χ1n) is 7.89. The maximum Gasteiger partial charge on any atom is 0.490 e. The lowest BCUT2D eigenvalue weighted by atomic mass is 10.0. The number of nitrogens with one attached hydrogen (secondary N) is 1. The van der Waals surface area contributed by atoms with Crippen LogP contribution >= 0.6 is 23.5 Å². The molecule has 1 aromatic rings. The van der Waals surface area contributed by atoms with Crippen molar-refractivity contribution in [2.45, 2.75) is 31.1 Å². The quantitative estimate of drug-likeness (QED) is 0.152. The van der Waals surface area contributed by atoms with Gasteiger partial charge in [0.25, 0.3) is 5.56 Å². The van der Waals surface area contributed by atoms with Gasteiger partial charge in [-0.25, -0.2) is 18.5 Å². The Balaban J connectivity index is 2.12. The molecule has 0 bridgehead atoms. The molecule has 2 rings (SSSR count). The number of nitrogens with two attached hydrogens (primary N) is 1. The summed E-state index contributed by atoms with van der Waals surface area (Å²) in [7, 11) is -16.8. The molecular weight excluding hydrogens is 495 g/mol. The number of rotatable bonds is 9. The van der Waals surface area contributed by atoms with Crippen LogP contribution < -0.4 is 17.0 Å². The highest BCUT2D eigenvalue weighted by Crippen LogP contribution is 2.66. The largest absolute Gasteiger partial charge is 0.490 e. The second-order valence-electron chi connectivity index (χ2n) is 5.96. The topological polar surface area (TPSA) is 290 Å². The average molecular weight is 513 g/mol. The molecule has 178 valence electrons. The fourth-order valence-electron chi connectivity index (χ4n) is 2.48. The molecule has 0 saturated carbocycles. The van der Waals surface area contributed by atoms with E-state index in [4.69, 9.17) is 25.2 Å². The first kappa shape index (κ1) is 26.2. The van der Waals surface area contributed by atoms with Crippen molar-refractivity contribution in [2.24, 2.45) is 5.73 Å². The summed E-state index contributed by atoms with van der Waals surface area (Å²) in [6, 6.07) is 0. The zero-order chi connectivity index (χ0) is 23.8. The van der Waals surface area contributed by atoms with E-state index in [1.54, 1.807) is 0 Å². The third kappa shape index (κ3) is 6.95. The van der Waals surface area contributed by atoms with Crippen LogP contribution in [0.5, 0.6) is 0 Å². The summed E-state index contributed by atoms with van der Waals surface area (Å²) in [5, 5.41) is 20.2. The molecule has 21 heteroatoms. The molecule has 31 heavy (non-hydrogen) atoms. The molecule has 1 aliphatic heterocycles. The number of phosphoric acid groups is 3. The summed E-state index contributed by atoms with van der Waals surface area (Å²) >= 11 is 0. The number of aliphatic hydroxyl groups is 2. The van der Waals surface area contributed by atoms with Crippen molar-refractivity contribution in [1.29, 1.82) is 0 Å². The molecule has 1 aliphatic rings. The Kier molecular flexibility index (Phi) is 7.96. The van der Waals surface area contributed by atoms with Gasteiger partial charge in [-0.2, -0.15) is 8.62 Å². The highest BCUT2D eigenvalue weighted by molar-refractivity contribution is 7.66. The number of phosphoric ester groups is 1. The van der Waals surface area contributed by atoms with Crippen molar-refractivity contribution in [1.82, 2.24) is 9.55 Å². The van der Waals surface area contributed by atoms with E-state index in [0.717, 1.165) is 10.8 Å². The molecule has 9 N–H and O–H groups in total. The number of nitrogens with zero attached hydrogens (tertiary/aromatic N) is 1. The van der Waals surface area contributed by atoms with Crippen molar-refractivity contribution in [3.63, 3.8) is 0 Å². The molecule has 18 nitrogen and oxygen atoms in total. The van der Waals surface area contributed by atoms with Gasteiger partial charge in [-0.05, 0) is 0 Å². The molecule has 1 aromatic heterocycles. The van der Waals surface area contributed by atoms with Gasteiger partial charge in [0.2, 0.25) is 0 Å². The summed E-state index contributed by atoms with van der Waals surface area (Å²) in [6.45, 7) is -1.41. The number of H-pyrrole nitrogens is 1. The summed E-state index contributed by atoms with van der Waals surface area (Å²) in [5.41, 5.74) is 3.19. The molecule has 1 fully saturated rings. The summed E-state index contributed by atoms with van der Waals surface area (Å²) < 4.78 is 51.0. The van der Waals surface area contributed by atoms with Gasteiger partial charge in [-0.1, -0.05) is 0 Å².